The molecule has 28 heavy (non-hydrogen) atoms. The zero-order chi connectivity index (χ0) is 19.6. The number of aryl methyl sites for hydroxylation is 2. The highest BCUT2D eigenvalue weighted by atomic mass is 16.7. The molecular weight excluding hydrogens is 358 g/mol. The molecule has 1 fully saturated rings. The fourth-order valence-electron chi connectivity index (χ4n) is 3.98. The quantitative estimate of drug-likeness (QED) is 0.778. The maximum Gasteiger partial charge on any atom is 0.513 e. The van der Waals surface area contributed by atoms with Crippen LogP contribution in [0.15, 0.2) is 24.0 Å². The number of hydrogen-bond acceptors (Lipinski definition) is 5. The first-order chi connectivity index (χ1) is 12.9. The molecule has 0 bridgehead atoms. The smallest absolute Gasteiger partial charge is 0.434 e. The Morgan fingerprint density at radius 1 is 1.25 bits per heavy atom. The Bertz CT molecular complexity index is 775. The van der Waals surface area contributed by atoms with Crippen LogP contribution in [0.3, 0.4) is 0 Å². The van der Waals surface area contributed by atoms with Gasteiger partial charge in [-0.2, -0.15) is 0 Å². The first kappa shape index (κ1) is 22.0. The zero-order valence-electron chi connectivity index (χ0n) is 16.4. The van der Waals surface area contributed by atoms with Gasteiger partial charge in [0.25, 0.3) is 5.91 Å². The van der Waals surface area contributed by atoms with Crippen molar-refractivity contribution in [3.05, 3.63) is 40.6 Å². The molecule has 1 aliphatic carbocycles. The van der Waals surface area contributed by atoms with Gasteiger partial charge in [-0.15, -0.1) is 0 Å². The molecule has 0 unspecified atom stereocenters. The van der Waals surface area contributed by atoms with Crippen LogP contribution in [0.4, 0.5) is 4.79 Å². The summed E-state index contributed by atoms with van der Waals surface area (Å²) in [6.45, 7) is 5.86. The predicted octanol–water partition coefficient (Wildman–Crippen LogP) is 4.28. The Balaban J connectivity index is 0.00000280. The molecule has 6 heteroatoms. The van der Waals surface area contributed by atoms with Crippen LogP contribution in [0.5, 0.6) is 0 Å². The molecule has 0 aromatic heterocycles. The third kappa shape index (κ3) is 4.07. The number of benzene rings is 1. The van der Waals surface area contributed by atoms with Gasteiger partial charge in [0, 0.05) is 7.11 Å². The number of amides is 1. The summed E-state index contributed by atoms with van der Waals surface area (Å²) in [5.41, 5.74) is 2.52. The number of nitrogens with one attached hydrogen (secondary N) is 1. The zero-order valence-corrected chi connectivity index (χ0v) is 16.4. The summed E-state index contributed by atoms with van der Waals surface area (Å²) in [6.07, 6.45) is 2.25. The summed E-state index contributed by atoms with van der Waals surface area (Å²) in [7, 11) is 1.70. The van der Waals surface area contributed by atoms with E-state index >= 15 is 0 Å². The summed E-state index contributed by atoms with van der Waals surface area (Å²) in [5.74, 6) is 0.174. The predicted molar refractivity (Wildman–Crippen MR) is 108 cm³/mol. The van der Waals surface area contributed by atoms with Crippen molar-refractivity contribution in [2.24, 2.45) is 0 Å². The topological polar surface area (TPSA) is 73.9 Å². The summed E-state index contributed by atoms with van der Waals surface area (Å²) in [5, 5.41) is 3.11. The molecule has 1 aromatic rings. The number of methoxy groups -OCH3 is 1. The Hall–Kier alpha value is -2.34. The SMILES string of the molecule is C.CCOC(=O)OC1=C(c2cc(C)ccc2C)C(=O)NC12CCC(OC)CC2. The van der Waals surface area contributed by atoms with E-state index in [-0.39, 0.29) is 26.0 Å². The van der Waals surface area contributed by atoms with Gasteiger partial charge in [-0.05, 0) is 57.6 Å². The molecule has 154 valence electrons. The van der Waals surface area contributed by atoms with Crippen LogP contribution in [-0.2, 0) is 19.0 Å². The summed E-state index contributed by atoms with van der Waals surface area (Å²) < 4.78 is 16.1. The average molecular weight is 389 g/mol. The lowest BCUT2D eigenvalue weighted by atomic mass is 9.79. The molecule has 1 aliphatic heterocycles. The van der Waals surface area contributed by atoms with E-state index in [2.05, 4.69) is 5.32 Å². The molecule has 6 nitrogen and oxygen atoms in total. The van der Waals surface area contributed by atoms with E-state index in [9.17, 15) is 9.59 Å². The van der Waals surface area contributed by atoms with Crippen molar-refractivity contribution >= 4 is 17.6 Å². The minimum absolute atomic E-state index is 0. The lowest BCUT2D eigenvalue weighted by molar-refractivity contribution is -0.116. The largest absolute Gasteiger partial charge is 0.513 e. The molecular formula is C22H31NO5. The van der Waals surface area contributed by atoms with Gasteiger partial charge in [-0.25, -0.2) is 4.79 Å². The second-order valence-electron chi connectivity index (χ2n) is 7.28. The summed E-state index contributed by atoms with van der Waals surface area (Å²) in [6, 6.07) is 5.93. The van der Waals surface area contributed by atoms with Gasteiger partial charge < -0.3 is 19.5 Å². The van der Waals surface area contributed by atoms with Gasteiger partial charge in [0.15, 0.2) is 0 Å². The molecule has 0 atom stereocenters. The molecule has 1 amide bonds. The Kier molecular flexibility index (Phi) is 6.88. The van der Waals surface area contributed by atoms with Crippen LogP contribution < -0.4 is 5.32 Å². The lowest BCUT2D eigenvalue weighted by Crippen LogP contribution is -2.49. The third-order valence-corrected chi connectivity index (χ3v) is 5.47. The molecule has 1 spiro atoms. The molecule has 1 N–H and O–H groups in total. The van der Waals surface area contributed by atoms with Crippen molar-refractivity contribution in [1.82, 2.24) is 5.32 Å². The second kappa shape index (κ2) is 8.78. The van der Waals surface area contributed by atoms with Crippen LogP contribution in [0.25, 0.3) is 5.57 Å². The van der Waals surface area contributed by atoms with E-state index in [1.165, 1.54) is 0 Å². The Labute approximate surface area is 167 Å². The maximum atomic E-state index is 13.0. The first-order valence-electron chi connectivity index (χ1n) is 9.42. The van der Waals surface area contributed by atoms with Crippen molar-refractivity contribution in [1.29, 1.82) is 0 Å². The van der Waals surface area contributed by atoms with Gasteiger partial charge in [0.05, 0.1) is 23.8 Å². The molecule has 3 rings (SSSR count). The van der Waals surface area contributed by atoms with Gasteiger partial charge in [-0.3, -0.25) is 4.79 Å². The number of hydrogen-bond donors (Lipinski definition) is 1. The van der Waals surface area contributed by atoms with Crippen LogP contribution in [0, 0.1) is 13.8 Å². The minimum atomic E-state index is -0.778. The minimum Gasteiger partial charge on any atom is -0.434 e. The van der Waals surface area contributed by atoms with E-state index in [4.69, 9.17) is 14.2 Å². The van der Waals surface area contributed by atoms with E-state index in [1.807, 2.05) is 32.0 Å². The van der Waals surface area contributed by atoms with Gasteiger partial charge in [-0.1, -0.05) is 31.2 Å². The molecule has 1 aromatic carbocycles. The number of rotatable bonds is 4. The van der Waals surface area contributed by atoms with Gasteiger partial charge >= 0.3 is 6.16 Å². The van der Waals surface area contributed by atoms with Crippen LogP contribution in [-0.4, -0.2) is 37.4 Å². The summed E-state index contributed by atoms with van der Waals surface area (Å²) >= 11 is 0. The highest BCUT2D eigenvalue weighted by Gasteiger charge is 2.50. The van der Waals surface area contributed by atoms with E-state index in [1.54, 1.807) is 14.0 Å². The number of carbonyl (C=O) groups is 2. The Morgan fingerprint density at radius 3 is 2.54 bits per heavy atom. The standard InChI is InChI=1S/C21H27NO5.CH4/c1-5-26-20(24)27-18-17(16-12-13(2)6-7-14(16)3)19(23)22-21(18)10-8-15(25-4)9-11-21;/h6-7,12,15H,5,8-11H2,1-4H3,(H,22,23);1H4. The van der Waals surface area contributed by atoms with E-state index in [0.717, 1.165) is 29.5 Å². The number of ether oxygens (including phenoxy) is 3. The average Bonchev–Trinajstić information content (AvgIpc) is 2.89. The monoisotopic (exact) mass is 389 g/mol. The molecule has 0 saturated heterocycles. The van der Waals surface area contributed by atoms with Crippen LogP contribution in [0.2, 0.25) is 0 Å². The Morgan fingerprint density at radius 2 is 1.93 bits per heavy atom. The van der Waals surface area contributed by atoms with Crippen molar-refractivity contribution in [2.45, 2.75) is 65.5 Å². The molecule has 1 saturated carbocycles. The van der Waals surface area contributed by atoms with Crippen LogP contribution in [0.1, 0.15) is 56.7 Å². The highest BCUT2D eigenvalue weighted by Crippen LogP contribution is 2.44. The lowest BCUT2D eigenvalue weighted by Gasteiger charge is -2.37. The van der Waals surface area contributed by atoms with Crippen LogP contribution >= 0.6 is 0 Å². The molecule has 2 aliphatic rings. The van der Waals surface area contributed by atoms with Gasteiger partial charge in [0.1, 0.15) is 5.76 Å². The second-order valence-corrected chi connectivity index (χ2v) is 7.28. The normalized spacial score (nSPS) is 24.0. The fourth-order valence-corrected chi connectivity index (χ4v) is 3.98. The molecule has 0 radical (unpaired) electrons. The molecule has 1 heterocycles. The summed E-state index contributed by atoms with van der Waals surface area (Å²) in [4.78, 5) is 25.1. The highest BCUT2D eigenvalue weighted by molar-refractivity contribution is 6.23. The van der Waals surface area contributed by atoms with Crippen molar-refractivity contribution in [3.8, 4) is 0 Å². The maximum absolute atomic E-state index is 13.0. The van der Waals surface area contributed by atoms with E-state index in [0.29, 0.717) is 24.2 Å². The fraction of sp³-hybridized carbons (Fsp3) is 0.545. The third-order valence-electron chi connectivity index (χ3n) is 5.47. The van der Waals surface area contributed by atoms with E-state index < -0.39 is 11.7 Å². The number of carbonyl (C=O) groups excluding carboxylic acids is 2. The first-order valence-corrected chi connectivity index (χ1v) is 9.42. The van der Waals surface area contributed by atoms with Crippen molar-refractivity contribution < 1.29 is 23.8 Å². The van der Waals surface area contributed by atoms with Gasteiger partial charge in [0.2, 0.25) is 0 Å². The van der Waals surface area contributed by atoms with Crippen molar-refractivity contribution in [3.63, 3.8) is 0 Å². The van der Waals surface area contributed by atoms with Crippen molar-refractivity contribution in [2.75, 3.05) is 13.7 Å².